The highest BCUT2D eigenvalue weighted by molar-refractivity contribution is 5.09. The van der Waals surface area contributed by atoms with Crippen molar-refractivity contribution in [3.05, 3.63) is 0 Å². The molecule has 2 heterocycles. The largest absolute Gasteiger partial charge is 0.313 e. The Bertz CT molecular complexity index is 247. The lowest BCUT2D eigenvalue weighted by Crippen LogP contribution is -2.59. The van der Waals surface area contributed by atoms with Gasteiger partial charge in [-0.1, -0.05) is 13.8 Å². The lowest BCUT2D eigenvalue weighted by atomic mass is 9.83. The van der Waals surface area contributed by atoms with Gasteiger partial charge in [0, 0.05) is 17.1 Å². The minimum absolute atomic E-state index is 0.0141. The van der Waals surface area contributed by atoms with Gasteiger partial charge in [0.05, 0.1) is 0 Å². The van der Waals surface area contributed by atoms with Gasteiger partial charge < -0.3 is 10.1 Å². The van der Waals surface area contributed by atoms with Crippen LogP contribution in [0.3, 0.4) is 0 Å². The van der Waals surface area contributed by atoms with Gasteiger partial charge in [0.2, 0.25) is 0 Å². The fourth-order valence-electron chi connectivity index (χ4n) is 3.86. The number of hydroxylamine groups is 2. The lowest BCUT2D eigenvalue weighted by Gasteiger charge is -2.49. The summed E-state index contributed by atoms with van der Waals surface area (Å²) in [6.45, 7) is 11.2. The highest BCUT2D eigenvalue weighted by Gasteiger charge is 2.55. The Labute approximate surface area is 99.4 Å². The second kappa shape index (κ2) is 3.97. The van der Waals surface area contributed by atoms with E-state index in [9.17, 15) is 5.21 Å². The van der Waals surface area contributed by atoms with Gasteiger partial charge in [0.15, 0.2) is 0 Å². The molecule has 2 atom stereocenters. The maximum Gasteiger partial charge on any atom is 0.0454 e. The quantitative estimate of drug-likeness (QED) is 0.801. The average Bonchev–Trinajstić information content (AvgIpc) is 2.39. The van der Waals surface area contributed by atoms with Crippen molar-refractivity contribution >= 4 is 0 Å². The summed E-state index contributed by atoms with van der Waals surface area (Å²) in [4.78, 5) is 2.55. The minimum atomic E-state index is 0.0141. The third-order valence-electron chi connectivity index (χ3n) is 4.90. The van der Waals surface area contributed by atoms with Crippen LogP contribution in [-0.4, -0.2) is 45.4 Å². The molecule has 3 heteroatoms. The molecule has 2 unspecified atom stereocenters. The summed E-state index contributed by atoms with van der Waals surface area (Å²) in [5.74, 6) is 0. The molecule has 0 aromatic rings. The number of piperidine rings is 1. The van der Waals surface area contributed by atoms with E-state index in [4.69, 9.17) is 0 Å². The van der Waals surface area contributed by atoms with Crippen molar-refractivity contribution in [1.82, 2.24) is 9.96 Å². The Hall–Kier alpha value is -0.120. The van der Waals surface area contributed by atoms with E-state index >= 15 is 0 Å². The van der Waals surface area contributed by atoms with E-state index in [1.54, 1.807) is 5.06 Å². The molecular weight excluding hydrogens is 200 g/mol. The van der Waals surface area contributed by atoms with Crippen LogP contribution in [0.4, 0.5) is 0 Å². The van der Waals surface area contributed by atoms with E-state index in [1.165, 1.54) is 0 Å². The van der Waals surface area contributed by atoms with Crippen molar-refractivity contribution < 1.29 is 5.21 Å². The molecule has 16 heavy (non-hydrogen) atoms. The Morgan fingerprint density at radius 2 is 1.56 bits per heavy atom. The molecule has 0 spiro atoms. The summed E-state index contributed by atoms with van der Waals surface area (Å²) in [5.41, 5.74) is 0.0283. The summed E-state index contributed by atoms with van der Waals surface area (Å²) >= 11 is 0. The molecule has 2 aliphatic heterocycles. The average molecular weight is 226 g/mol. The number of fused-ring (bicyclic) bond motifs is 2. The fourth-order valence-corrected chi connectivity index (χ4v) is 3.86. The van der Waals surface area contributed by atoms with Crippen molar-refractivity contribution in [2.45, 2.75) is 70.5 Å². The first kappa shape index (κ1) is 12.3. The van der Waals surface area contributed by atoms with Crippen LogP contribution in [0, 0.1) is 0 Å². The fraction of sp³-hybridized carbons (Fsp3) is 1.00. The Kier molecular flexibility index (Phi) is 3.06. The molecule has 2 rings (SSSR count). The standard InChI is InChI=1S/C13H26N2O/c1-5-14(6-2)11-9-12(3)7-8-13(4,10-11)15(12)16/h11,16H,5-10H2,1-4H3. The van der Waals surface area contributed by atoms with Crippen molar-refractivity contribution in [2.24, 2.45) is 0 Å². The SMILES string of the molecule is CCN(CC)C1CC2(C)CCC(C)(C1)N2O. The van der Waals surface area contributed by atoms with Gasteiger partial charge in [-0.2, -0.15) is 5.06 Å². The van der Waals surface area contributed by atoms with Crippen LogP contribution in [0.5, 0.6) is 0 Å². The zero-order valence-corrected chi connectivity index (χ0v) is 11.2. The molecule has 2 saturated heterocycles. The maximum absolute atomic E-state index is 10.3. The van der Waals surface area contributed by atoms with Crippen molar-refractivity contribution in [3.8, 4) is 0 Å². The van der Waals surface area contributed by atoms with E-state index in [-0.39, 0.29) is 11.1 Å². The maximum atomic E-state index is 10.3. The summed E-state index contributed by atoms with van der Waals surface area (Å²) in [7, 11) is 0. The van der Waals surface area contributed by atoms with Crippen LogP contribution in [0.15, 0.2) is 0 Å². The summed E-state index contributed by atoms with van der Waals surface area (Å²) in [6, 6.07) is 0.649. The van der Waals surface area contributed by atoms with Gasteiger partial charge in [0.1, 0.15) is 0 Å². The molecule has 0 aliphatic carbocycles. The zero-order chi connectivity index (χ0) is 12.0. The minimum Gasteiger partial charge on any atom is -0.313 e. The molecule has 2 aliphatic rings. The zero-order valence-electron chi connectivity index (χ0n) is 11.2. The molecule has 0 amide bonds. The summed E-state index contributed by atoms with van der Waals surface area (Å²) in [6.07, 6.45) is 4.50. The summed E-state index contributed by atoms with van der Waals surface area (Å²) in [5, 5.41) is 12.0. The van der Waals surface area contributed by atoms with Gasteiger partial charge >= 0.3 is 0 Å². The molecule has 2 bridgehead atoms. The van der Waals surface area contributed by atoms with E-state index < -0.39 is 0 Å². The Morgan fingerprint density at radius 1 is 1.12 bits per heavy atom. The first-order valence-electron chi connectivity index (χ1n) is 6.68. The topological polar surface area (TPSA) is 26.7 Å². The van der Waals surface area contributed by atoms with Crippen LogP contribution >= 0.6 is 0 Å². The smallest absolute Gasteiger partial charge is 0.0454 e. The third-order valence-corrected chi connectivity index (χ3v) is 4.90. The van der Waals surface area contributed by atoms with Gasteiger partial charge in [-0.05, 0) is 52.6 Å². The first-order chi connectivity index (χ1) is 7.45. The van der Waals surface area contributed by atoms with Crippen LogP contribution in [0.2, 0.25) is 0 Å². The van der Waals surface area contributed by atoms with Crippen LogP contribution in [0.1, 0.15) is 53.4 Å². The monoisotopic (exact) mass is 226 g/mol. The van der Waals surface area contributed by atoms with E-state index in [0.29, 0.717) is 6.04 Å². The molecule has 2 fully saturated rings. The second-order valence-electron chi connectivity index (χ2n) is 6.09. The van der Waals surface area contributed by atoms with Crippen LogP contribution in [-0.2, 0) is 0 Å². The van der Waals surface area contributed by atoms with Crippen molar-refractivity contribution in [2.75, 3.05) is 13.1 Å². The van der Waals surface area contributed by atoms with E-state index in [0.717, 1.165) is 38.8 Å². The molecule has 94 valence electrons. The molecule has 1 N–H and O–H groups in total. The number of nitrogens with zero attached hydrogens (tertiary/aromatic N) is 2. The van der Waals surface area contributed by atoms with E-state index in [2.05, 4.69) is 32.6 Å². The van der Waals surface area contributed by atoms with Crippen molar-refractivity contribution in [1.29, 1.82) is 0 Å². The lowest BCUT2D eigenvalue weighted by molar-refractivity contribution is -0.230. The molecule has 0 saturated carbocycles. The highest BCUT2D eigenvalue weighted by atomic mass is 16.5. The second-order valence-corrected chi connectivity index (χ2v) is 6.09. The molecule has 0 aromatic carbocycles. The van der Waals surface area contributed by atoms with E-state index in [1.807, 2.05) is 0 Å². The third kappa shape index (κ3) is 1.69. The van der Waals surface area contributed by atoms with Crippen LogP contribution < -0.4 is 0 Å². The Morgan fingerprint density at radius 3 is 1.94 bits per heavy atom. The van der Waals surface area contributed by atoms with Gasteiger partial charge in [0.25, 0.3) is 0 Å². The predicted molar refractivity (Wildman–Crippen MR) is 65.6 cm³/mol. The molecule has 3 nitrogen and oxygen atoms in total. The summed E-state index contributed by atoms with van der Waals surface area (Å²) < 4.78 is 0. The van der Waals surface area contributed by atoms with Gasteiger partial charge in [-0.15, -0.1) is 0 Å². The van der Waals surface area contributed by atoms with Gasteiger partial charge in [-0.25, -0.2) is 0 Å². The first-order valence-corrected chi connectivity index (χ1v) is 6.68. The predicted octanol–water partition coefficient (Wildman–Crippen LogP) is 2.49. The van der Waals surface area contributed by atoms with Gasteiger partial charge in [-0.3, -0.25) is 0 Å². The molecular formula is C13H26N2O. The number of hydrogen-bond acceptors (Lipinski definition) is 3. The van der Waals surface area contributed by atoms with Crippen LogP contribution in [0.25, 0.3) is 0 Å². The van der Waals surface area contributed by atoms with Crippen molar-refractivity contribution in [3.63, 3.8) is 0 Å². The normalized spacial score (nSPS) is 44.2. The number of hydrogen-bond donors (Lipinski definition) is 1. The number of rotatable bonds is 3. The molecule has 0 radical (unpaired) electrons. The Balaban J connectivity index is 2.18. The highest BCUT2D eigenvalue weighted by Crippen LogP contribution is 2.50. The molecule has 0 aromatic heterocycles.